The predicted molar refractivity (Wildman–Crippen MR) is 122 cm³/mol. The average molecular weight is 448 g/mol. The Morgan fingerprint density at radius 3 is 2.03 bits per heavy atom. The van der Waals surface area contributed by atoms with Crippen molar-refractivity contribution in [2.45, 2.75) is 12.3 Å². The molecule has 0 aliphatic rings. The summed E-state index contributed by atoms with van der Waals surface area (Å²) in [6.45, 7) is -0.597. The van der Waals surface area contributed by atoms with E-state index in [-0.39, 0.29) is 17.4 Å². The number of nitro groups is 1. The molecule has 0 saturated carbocycles. The van der Waals surface area contributed by atoms with E-state index in [2.05, 4.69) is 29.6 Å². The fraction of sp³-hybridized carbons (Fsp3) is 0.200. The molecule has 3 rings (SSSR count). The molecule has 0 atom stereocenters. The van der Waals surface area contributed by atoms with Gasteiger partial charge in [-0.25, -0.2) is 4.79 Å². The first-order chi connectivity index (χ1) is 16.0. The van der Waals surface area contributed by atoms with Gasteiger partial charge in [-0.3, -0.25) is 14.9 Å². The molecule has 1 amide bonds. The van der Waals surface area contributed by atoms with Crippen molar-refractivity contribution in [3.05, 3.63) is 106 Å². The molecule has 1 N–H and O–H groups in total. The van der Waals surface area contributed by atoms with Crippen LogP contribution >= 0.6 is 0 Å². The molecule has 0 fully saturated rings. The van der Waals surface area contributed by atoms with Gasteiger partial charge >= 0.3 is 11.7 Å². The number of carbonyl (C=O) groups excluding carboxylic acids is 2. The van der Waals surface area contributed by atoms with Crippen LogP contribution in [0, 0.1) is 10.1 Å². The summed E-state index contributed by atoms with van der Waals surface area (Å²) in [7, 11) is 0. The molecular weight excluding hydrogens is 424 g/mol. The van der Waals surface area contributed by atoms with E-state index in [4.69, 9.17) is 9.47 Å². The number of hydrogen-bond acceptors (Lipinski definition) is 6. The molecule has 0 aliphatic heterocycles. The number of nitrogens with zero attached hydrogens (tertiary/aromatic N) is 1. The van der Waals surface area contributed by atoms with Gasteiger partial charge in [0.2, 0.25) is 0 Å². The van der Waals surface area contributed by atoms with Crippen LogP contribution in [0.25, 0.3) is 0 Å². The highest BCUT2D eigenvalue weighted by Gasteiger charge is 2.17. The Labute approximate surface area is 191 Å². The van der Waals surface area contributed by atoms with Crippen molar-refractivity contribution in [1.82, 2.24) is 5.32 Å². The van der Waals surface area contributed by atoms with Gasteiger partial charge in [0, 0.05) is 18.5 Å². The van der Waals surface area contributed by atoms with Gasteiger partial charge in [-0.15, -0.1) is 0 Å². The summed E-state index contributed by atoms with van der Waals surface area (Å²) >= 11 is 0. The Morgan fingerprint density at radius 1 is 0.848 bits per heavy atom. The molecule has 3 aromatic carbocycles. The molecule has 3 aromatic rings. The average Bonchev–Trinajstić information content (AvgIpc) is 2.85. The highest BCUT2D eigenvalue weighted by Crippen LogP contribution is 2.27. The van der Waals surface area contributed by atoms with Gasteiger partial charge in [0.1, 0.15) is 0 Å². The Kier molecular flexibility index (Phi) is 8.53. The van der Waals surface area contributed by atoms with Gasteiger partial charge in [0.05, 0.1) is 4.92 Å². The first-order valence-electron chi connectivity index (χ1n) is 10.4. The van der Waals surface area contributed by atoms with Crippen molar-refractivity contribution in [2.75, 3.05) is 19.8 Å². The van der Waals surface area contributed by atoms with E-state index < -0.39 is 30.0 Å². The zero-order valence-corrected chi connectivity index (χ0v) is 17.9. The topological polar surface area (TPSA) is 108 Å². The third kappa shape index (κ3) is 7.17. The van der Waals surface area contributed by atoms with Crippen LogP contribution in [0.2, 0.25) is 0 Å². The zero-order chi connectivity index (χ0) is 23.5. The van der Waals surface area contributed by atoms with Gasteiger partial charge in [0.25, 0.3) is 5.91 Å². The van der Waals surface area contributed by atoms with Gasteiger partial charge in [-0.2, -0.15) is 0 Å². The van der Waals surface area contributed by atoms with Crippen LogP contribution in [-0.4, -0.2) is 36.6 Å². The molecule has 0 unspecified atom stereocenters. The summed E-state index contributed by atoms with van der Waals surface area (Å²) in [6, 6.07) is 25.8. The van der Waals surface area contributed by atoms with E-state index in [0.29, 0.717) is 13.0 Å². The van der Waals surface area contributed by atoms with Crippen LogP contribution in [0.4, 0.5) is 5.69 Å². The Morgan fingerprint density at radius 2 is 1.42 bits per heavy atom. The normalized spacial score (nSPS) is 10.5. The smallest absolute Gasteiger partial charge is 0.344 e. The molecule has 0 aromatic heterocycles. The fourth-order valence-electron chi connectivity index (χ4n) is 3.36. The summed E-state index contributed by atoms with van der Waals surface area (Å²) in [6.07, 6.45) is 0.675. The van der Waals surface area contributed by atoms with Crippen molar-refractivity contribution in [3.63, 3.8) is 0 Å². The second-order valence-electron chi connectivity index (χ2n) is 7.19. The fourth-order valence-corrected chi connectivity index (χ4v) is 3.36. The number of rotatable bonds is 11. The maximum absolute atomic E-state index is 12.1. The summed E-state index contributed by atoms with van der Waals surface area (Å²) in [5.41, 5.74) is 2.04. The van der Waals surface area contributed by atoms with E-state index in [9.17, 15) is 19.7 Å². The second kappa shape index (κ2) is 12.0. The Balaban J connectivity index is 1.44. The van der Waals surface area contributed by atoms with E-state index in [1.54, 1.807) is 6.07 Å². The maximum Gasteiger partial charge on any atom is 0.344 e. The number of para-hydroxylation sites is 2. The van der Waals surface area contributed by atoms with Crippen LogP contribution in [0.5, 0.6) is 5.75 Å². The van der Waals surface area contributed by atoms with Crippen molar-refractivity contribution >= 4 is 17.6 Å². The predicted octanol–water partition coefficient (Wildman–Crippen LogP) is 3.86. The minimum Gasteiger partial charge on any atom is -0.475 e. The lowest BCUT2D eigenvalue weighted by molar-refractivity contribution is -0.385. The number of hydrogen-bond donors (Lipinski definition) is 1. The van der Waals surface area contributed by atoms with Crippen LogP contribution in [0.1, 0.15) is 23.5 Å². The SMILES string of the molecule is O=C(COC(=O)COc1ccccc1[N+](=O)[O-])NCCC(c1ccccc1)c1ccccc1. The lowest BCUT2D eigenvalue weighted by Gasteiger charge is -2.18. The monoisotopic (exact) mass is 448 g/mol. The number of amides is 1. The summed E-state index contributed by atoms with van der Waals surface area (Å²) in [4.78, 5) is 34.3. The van der Waals surface area contributed by atoms with E-state index in [0.717, 1.165) is 11.1 Å². The molecule has 0 spiro atoms. The van der Waals surface area contributed by atoms with Crippen molar-refractivity contribution < 1.29 is 24.0 Å². The molecule has 0 heterocycles. The lowest BCUT2D eigenvalue weighted by Crippen LogP contribution is -2.31. The van der Waals surface area contributed by atoms with Crippen LogP contribution < -0.4 is 10.1 Å². The van der Waals surface area contributed by atoms with E-state index in [1.165, 1.54) is 18.2 Å². The summed E-state index contributed by atoms with van der Waals surface area (Å²) in [5, 5.41) is 13.7. The van der Waals surface area contributed by atoms with Crippen LogP contribution in [-0.2, 0) is 14.3 Å². The number of carbonyl (C=O) groups is 2. The molecule has 0 aliphatic carbocycles. The number of esters is 1. The highest BCUT2D eigenvalue weighted by molar-refractivity contribution is 5.80. The lowest BCUT2D eigenvalue weighted by atomic mass is 9.88. The van der Waals surface area contributed by atoms with Crippen molar-refractivity contribution in [2.24, 2.45) is 0 Å². The highest BCUT2D eigenvalue weighted by atomic mass is 16.6. The zero-order valence-electron chi connectivity index (χ0n) is 17.9. The van der Waals surface area contributed by atoms with Crippen molar-refractivity contribution in [3.8, 4) is 5.75 Å². The second-order valence-corrected chi connectivity index (χ2v) is 7.19. The first-order valence-corrected chi connectivity index (χ1v) is 10.4. The number of ether oxygens (including phenoxy) is 2. The Hall–Kier alpha value is -4.20. The molecule has 33 heavy (non-hydrogen) atoms. The van der Waals surface area contributed by atoms with E-state index in [1.807, 2.05) is 36.4 Å². The molecule has 0 radical (unpaired) electrons. The minimum absolute atomic E-state index is 0.0447. The van der Waals surface area contributed by atoms with Gasteiger partial charge < -0.3 is 14.8 Å². The Bertz CT molecular complexity index is 1030. The van der Waals surface area contributed by atoms with Gasteiger partial charge in [-0.1, -0.05) is 72.8 Å². The third-order valence-electron chi connectivity index (χ3n) is 4.93. The van der Waals surface area contributed by atoms with Crippen LogP contribution in [0.15, 0.2) is 84.9 Å². The molecular formula is C25H24N2O6. The molecule has 8 heteroatoms. The quantitative estimate of drug-likeness (QED) is 0.271. The summed E-state index contributed by atoms with van der Waals surface area (Å²) in [5.74, 6) is -1.16. The maximum atomic E-state index is 12.1. The summed E-state index contributed by atoms with van der Waals surface area (Å²) < 4.78 is 10.1. The number of nitrogens with one attached hydrogen (secondary N) is 1. The molecule has 0 bridgehead atoms. The molecule has 0 saturated heterocycles. The van der Waals surface area contributed by atoms with E-state index >= 15 is 0 Å². The molecule has 170 valence electrons. The first kappa shape index (κ1) is 23.5. The van der Waals surface area contributed by atoms with Gasteiger partial charge in [-0.05, 0) is 23.6 Å². The van der Waals surface area contributed by atoms with Crippen molar-refractivity contribution in [1.29, 1.82) is 0 Å². The number of benzene rings is 3. The largest absolute Gasteiger partial charge is 0.475 e. The molecule has 8 nitrogen and oxygen atoms in total. The van der Waals surface area contributed by atoms with Crippen LogP contribution in [0.3, 0.4) is 0 Å². The number of nitro benzene ring substituents is 1. The van der Waals surface area contributed by atoms with Gasteiger partial charge in [0.15, 0.2) is 19.0 Å². The third-order valence-corrected chi connectivity index (χ3v) is 4.93. The minimum atomic E-state index is -0.797. The standard InChI is InChI=1S/C25H24N2O6/c28-24(17-33-25(29)18-32-23-14-8-7-13-22(23)27(30)31)26-16-15-21(19-9-3-1-4-10-19)20-11-5-2-6-12-20/h1-14,21H,15-18H2,(H,26,28).